The highest BCUT2D eigenvalue weighted by Gasteiger charge is 2.01. The molecule has 0 saturated carbocycles. The maximum atomic E-state index is 11.0. The molecule has 2 aromatic rings. The number of aromatic amines is 1. The predicted octanol–water partition coefficient (Wildman–Crippen LogP) is 1.29. The summed E-state index contributed by atoms with van der Waals surface area (Å²) in [6.07, 6.45) is 1.87. The van der Waals surface area contributed by atoms with Crippen molar-refractivity contribution in [2.45, 2.75) is 0 Å². The van der Waals surface area contributed by atoms with Crippen LogP contribution in [0, 0.1) is 0 Å². The largest absolute Gasteiger partial charge is 0.484 e. The third-order valence-electron chi connectivity index (χ3n) is 2.17. The van der Waals surface area contributed by atoms with E-state index in [1.807, 2.05) is 30.5 Å². The lowest BCUT2D eigenvalue weighted by atomic mass is 10.2. The minimum atomic E-state index is -0.135. The van der Waals surface area contributed by atoms with Crippen molar-refractivity contribution < 1.29 is 9.53 Å². The van der Waals surface area contributed by atoms with Crippen LogP contribution in [0.3, 0.4) is 0 Å². The van der Waals surface area contributed by atoms with E-state index in [9.17, 15) is 4.79 Å². The summed E-state index contributed by atoms with van der Waals surface area (Å²) in [6.45, 7) is 0.0480. The molecule has 78 valence electrons. The molecule has 0 aliphatic heterocycles. The zero-order valence-electron chi connectivity index (χ0n) is 8.41. The van der Waals surface area contributed by atoms with E-state index in [2.05, 4.69) is 10.3 Å². The van der Waals surface area contributed by atoms with Crippen molar-refractivity contribution in [2.24, 2.45) is 0 Å². The Labute approximate surface area is 87.2 Å². The maximum Gasteiger partial charge on any atom is 0.257 e. The van der Waals surface area contributed by atoms with Gasteiger partial charge in [0.05, 0.1) is 0 Å². The molecule has 0 aliphatic carbocycles. The number of H-pyrrole nitrogens is 1. The maximum absolute atomic E-state index is 11.0. The number of likely N-dealkylation sites (N-methyl/N-ethyl adjacent to an activating group) is 1. The van der Waals surface area contributed by atoms with E-state index in [0.29, 0.717) is 5.75 Å². The second-order valence-electron chi connectivity index (χ2n) is 3.19. The van der Waals surface area contributed by atoms with Crippen LogP contribution in [0.5, 0.6) is 5.75 Å². The number of rotatable bonds is 3. The molecule has 15 heavy (non-hydrogen) atoms. The van der Waals surface area contributed by atoms with Crippen LogP contribution in [0.15, 0.2) is 30.5 Å². The fraction of sp³-hybridized carbons (Fsp3) is 0.182. The van der Waals surface area contributed by atoms with Crippen LogP contribution < -0.4 is 10.1 Å². The Morgan fingerprint density at radius 2 is 2.33 bits per heavy atom. The standard InChI is InChI=1S/C11H12N2O2/c1-12-11(14)7-15-9-2-3-10-8(6-9)4-5-13-10/h2-6,13H,7H2,1H3,(H,12,14). The Balaban J connectivity index is 2.11. The Hall–Kier alpha value is -1.97. The van der Waals surface area contributed by atoms with Gasteiger partial charge in [0, 0.05) is 24.1 Å². The van der Waals surface area contributed by atoms with Crippen molar-refractivity contribution in [3.8, 4) is 5.75 Å². The molecule has 4 heteroatoms. The Bertz CT molecular complexity index is 476. The van der Waals surface area contributed by atoms with E-state index < -0.39 is 0 Å². The van der Waals surface area contributed by atoms with Gasteiger partial charge in [-0.2, -0.15) is 0 Å². The van der Waals surface area contributed by atoms with E-state index in [0.717, 1.165) is 10.9 Å². The molecule has 1 aromatic carbocycles. The molecule has 1 amide bonds. The molecule has 0 radical (unpaired) electrons. The Kier molecular flexibility index (Phi) is 2.58. The SMILES string of the molecule is CNC(=O)COc1ccc2[nH]ccc2c1. The number of fused-ring (bicyclic) bond motifs is 1. The molecule has 1 heterocycles. The predicted molar refractivity (Wildman–Crippen MR) is 57.9 cm³/mol. The normalized spacial score (nSPS) is 10.2. The highest BCUT2D eigenvalue weighted by Crippen LogP contribution is 2.19. The number of carbonyl (C=O) groups excluding carboxylic acids is 1. The van der Waals surface area contributed by atoms with Crippen molar-refractivity contribution in [1.29, 1.82) is 0 Å². The molecule has 0 saturated heterocycles. The lowest BCUT2D eigenvalue weighted by molar-refractivity contribution is -0.122. The molecule has 0 unspecified atom stereocenters. The van der Waals surface area contributed by atoms with Crippen molar-refractivity contribution in [3.63, 3.8) is 0 Å². The number of hydrogen-bond donors (Lipinski definition) is 2. The van der Waals surface area contributed by atoms with Crippen LogP contribution in [-0.4, -0.2) is 24.5 Å². The molecule has 1 aromatic heterocycles. The van der Waals surface area contributed by atoms with Gasteiger partial charge < -0.3 is 15.0 Å². The topological polar surface area (TPSA) is 54.1 Å². The van der Waals surface area contributed by atoms with Gasteiger partial charge in [-0.3, -0.25) is 4.79 Å². The van der Waals surface area contributed by atoms with Gasteiger partial charge >= 0.3 is 0 Å². The van der Waals surface area contributed by atoms with Crippen LogP contribution in [-0.2, 0) is 4.79 Å². The van der Waals surface area contributed by atoms with Crippen molar-refractivity contribution in [2.75, 3.05) is 13.7 Å². The minimum absolute atomic E-state index is 0.0480. The van der Waals surface area contributed by atoms with Crippen LogP contribution >= 0.6 is 0 Å². The first kappa shape index (κ1) is 9.58. The molecule has 4 nitrogen and oxygen atoms in total. The highest BCUT2D eigenvalue weighted by atomic mass is 16.5. The number of ether oxygens (including phenoxy) is 1. The number of benzene rings is 1. The van der Waals surface area contributed by atoms with Gasteiger partial charge in [-0.25, -0.2) is 0 Å². The van der Waals surface area contributed by atoms with Crippen molar-refractivity contribution in [3.05, 3.63) is 30.5 Å². The van der Waals surface area contributed by atoms with Crippen molar-refractivity contribution in [1.82, 2.24) is 10.3 Å². The van der Waals surface area contributed by atoms with E-state index >= 15 is 0 Å². The van der Waals surface area contributed by atoms with E-state index in [1.165, 1.54) is 0 Å². The number of amides is 1. The summed E-state index contributed by atoms with van der Waals surface area (Å²) in [6, 6.07) is 7.62. The van der Waals surface area contributed by atoms with Gasteiger partial charge in [0.15, 0.2) is 6.61 Å². The first-order valence-electron chi connectivity index (χ1n) is 4.70. The molecular weight excluding hydrogens is 192 g/mol. The van der Waals surface area contributed by atoms with Crippen molar-refractivity contribution >= 4 is 16.8 Å². The first-order valence-corrected chi connectivity index (χ1v) is 4.70. The molecular formula is C11H12N2O2. The highest BCUT2D eigenvalue weighted by molar-refractivity contribution is 5.81. The van der Waals surface area contributed by atoms with Gasteiger partial charge in [0.2, 0.25) is 0 Å². The molecule has 2 rings (SSSR count). The number of hydrogen-bond acceptors (Lipinski definition) is 2. The summed E-state index contributed by atoms with van der Waals surface area (Å²) in [5.74, 6) is 0.565. The van der Waals surface area contributed by atoms with E-state index in [4.69, 9.17) is 4.74 Å². The quantitative estimate of drug-likeness (QED) is 0.791. The summed E-state index contributed by atoms with van der Waals surface area (Å²) >= 11 is 0. The average Bonchev–Trinajstić information content (AvgIpc) is 2.72. The fourth-order valence-electron chi connectivity index (χ4n) is 1.34. The first-order chi connectivity index (χ1) is 7.29. The van der Waals surface area contributed by atoms with E-state index in [-0.39, 0.29) is 12.5 Å². The molecule has 0 fully saturated rings. The molecule has 0 atom stereocenters. The second-order valence-corrected chi connectivity index (χ2v) is 3.19. The molecule has 0 aliphatic rings. The monoisotopic (exact) mass is 204 g/mol. The zero-order chi connectivity index (χ0) is 10.7. The van der Waals surface area contributed by atoms with Gasteiger partial charge in [-0.1, -0.05) is 0 Å². The number of nitrogens with one attached hydrogen (secondary N) is 2. The lowest BCUT2D eigenvalue weighted by Gasteiger charge is -2.04. The number of aromatic nitrogens is 1. The van der Waals surface area contributed by atoms with Crippen LogP contribution in [0.25, 0.3) is 10.9 Å². The molecule has 2 N–H and O–H groups in total. The summed E-state index contributed by atoms with van der Waals surface area (Å²) in [4.78, 5) is 14.0. The summed E-state index contributed by atoms with van der Waals surface area (Å²) in [5.41, 5.74) is 1.06. The smallest absolute Gasteiger partial charge is 0.257 e. The third kappa shape index (κ3) is 2.10. The summed E-state index contributed by atoms with van der Waals surface area (Å²) in [5, 5.41) is 3.57. The Morgan fingerprint density at radius 3 is 3.13 bits per heavy atom. The summed E-state index contributed by atoms with van der Waals surface area (Å²) < 4.78 is 5.31. The lowest BCUT2D eigenvalue weighted by Crippen LogP contribution is -2.24. The van der Waals surface area contributed by atoms with Crippen LogP contribution in [0.1, 0.15) is 0 Å². The van der Waals surface area contributed by atoms with Crippen LogP contribution in [0.4, 0.5) is 0 Å². The van der Waals surface area contributed by atoms with Gasteiger partial charge in [0.25, 0.3) is 5.91 Å². The average molecular weight is 204 g/mol. The van der Waals surface area contributed by atoms with Gasteiger partial charge in [-0.05, 0) is 24.3 Å². The zero-order valence-corrected chi connectivity index (χ0v) is 8.41. The fourth-order valence-corrected chi connectivity index (χ4v) is 1.34. The minimum Gasteiger partial charge on any atom is -0.484 e. The van der Waals surface area contributed by atoms with Gasteiger partial charge in [0.1, 0.15) is 5.75 Å². The third-order valence-corrected chi connectivity index (χ3v) is 2.17. The number of carbonyl (C=O) groups is 1. The summed E-state index contributed by atoms with van der Waals surface area (Å²) in [7, 11) is 1.58. The second kappa shape index (κ2) is 4.04. The van der Waals surface area contributed by atoms with Crippen LogP contribution in [0.2, 0.25) is 0 Å². The van der Waals surface area contributed by atoms with E-state index in [1.54, 1.807) is 7.05 Å². The molecule has 0 bridgehead atoms. The molecule has 0 spiro atoms. The Morgan fingerprint density at radius 1 is 1.47 bits per heavy atom. The van der Waals surface area contributed by atoms with Gasteiger partial charge in [-0.15, -0.1) is 0 Å².